The van der Waals surface area contributed by atoms with Crippen LogP contribution in [0.15, 0.2) is 67.5 Å². The molecule has 0 amide bonds. The summed E-state index contributed by atoms with van der Waals surface area (Å²) < 4.78 is 19.4. The highest BCUT2D eigenvalue weighted by molar-refractivity contribution is 9.10. The Hall–Kier alpha value is -3.50. The van der Waals surface area contributed by atoms with Gasteiger partial charge in [-0.25, -0.2) is 4.79 Å². The topological polar surface area (TPSA) is 99.6 Å². The lowest BCUT2D eigenvalue weighted by atomic mass is 10.2. The Labute approximate surface area is 214 Å². The second-order valence-electron chi connectivity index (χ2n) is 7.53. The molecule has 0 radical (unpaired) electrons. The summed E-state index contributed by atoms with van der Waals surface area (Å²) in [5.41, 5.74) is 4.27. The molecule has 10 heteroatoms. The largest absolute Gasteiger partial charge is 0.497 e. The van der Waals surface area contributed by atoms with Crippen molar-refractivity contribution >= 4 is 39.7 Å². The molecule has 0 saturated heterocycles. The number of carboxylic acid groups (broad SMARTS) is 1. The van der Waals surface area contributed by atoms with Crippen molar-refractivity contribution in [2.45, 2.75) is 19.1 Å². The summed E-state index contributed by atoms with van der Waals surface area (Å²) in [4.78, 5) is 12.1. The van der Waals surface area contributed by atoms with E-state index in [1.54, 1.807) is 38.5 Å². The number of aromatic nitrogens is 3. The van der Waals surface area contributed by atoms with Gasteiger partial charge in [0.2, 0.25) is 5.89 Å². The molecule has 0 bridgehead atoms. The highest BCUT2D eigenvalue weighted by Crippen LogP contribution is 2.34. The van der Waals surface area contributed by atoms with E-state index < -0.39 is 5.97 Å². The normalized spacial score (nSPS) is 11.5. The molecule has 4 rings (SSSR count). The predicted molar refractivity (Wildman–Crippen MR) is 137 cm³/mol. The molecule has 0 aliphatic rings. The Morgan fingerprint density at radius 1 is 1.06 bits per heavy atom. The fraction of sp³-hybridized carbons (Fsp3) is 0.160. The van der Waals surface area contributed by atoms with Gasteiger partial charge in [-0.2, -0.15) is 0 Å². The minimum Gasteiger partial charge on any atom is -0.497 e. The molecular formula is C25H22BrN3O5S. The number of rotatable bonds is 8. The molecular weight excluding hydrogens is 534 g/mol. The van der Waals surface area contributed by atoms with Gasteiger partial charge < -0.3 is 23.6 Å². The molecule has 8 nitrogen and oxygen atoms in total. The van der Waals surface area contributed by atoms with Gasteiger partial charge in [-0.1, -0.05) is 15.9 Å². The fourth-order valence-corrected chi connectivity index (χ4v) is 4.52. The summed E-state index contributed by atoms with van der Waals surface area (Å²) in [5, 5.41) is 18.0. The van der Waals surface area contributed by atoms with Crippen LogP contribution in [0.5, 0.6) is 11.5 Å². The number of hydrogen-bond donors (Lipinski definition) is 1. The number of aliphatic carboxylic acids is 1. The lowest BCUT2D eigenvalue weighted by Crippen LogP contribution is -1.99. The van der Waals surface area contributed by atoms with Crippen molar-refractivity contribution in [3.8, 4) is 28.6 Å². The number of methoxy groups -OCH3 is 2. The Kier molecular flexibility index (Phi) is 7.32. The van der Waals surface area contributed by atoms with Crippen molar-refractivity contribution in [3.63, 3.8) is 0 Å². The van der Waals surface area contributed by atoms with E-state index in [2.05, 4.69) is 30.7 Å². The third-order valence-corrected chi connectivity index (χ3v) is 6.64. The average Bonchev–Trinajstić information content (AvgIpc) is 3.43. The van der Waals surface area contributed by atoms with E-state index in [4.69, 9.17) is 13.9 Å². The lowest BCUT2D eigenvalue weighted by Gasteiger charge is -2.09. The van der Waals surface area contributed by atoms with E-state index in [-0.39, 0.29) is 16.0 Å². The third-order valence-electron chi connectivity index (χ3n) is 5.25. The van der Waals surface area contributed by atoms with Gasteiger partial charge in [0.25, 0.3) is 5.22 Å². The zero-order valence-electron chi connectivity index (χ0n) is 19.4. The summed E-state index contributed by atoms with van der Waals surface area (Å²) in [6.45, 7) is 3.93. The predicted octanol–water partition coefficient (Wildman–Crippen LogP) is 6.14. The first-order valence-electron chi connectivity index (χ1n) is 10.4. The molecule has 0 saturated carbocycles. The number of thioether (sulfide) groups is 1. The van der Waals surface area contributed by atoms with Crippen molar-refractivity contribution in [1.29, 1.82) is 0 Å². The molecule has 0 spiro atoms. The first-order valence-corrected chi connectivity index (χ1v) is 12.0. The molecule has 2 aromatic heterocycles. The fourth-order valence-electron chi connectivity index (χ4n) is 3.59. The maximum absolute atomic E-state index is 12.0. The molecule has 2 heterocycles. The maximum Gasteiger partial charge on any atom is 0.342 e. The average molecular weight is 556 g/mol. The Balaban J connectivity index is 1.64. The monoisotopic (exact) mass is 555 g/mol. The zero-order valence-corrected chi connectivity index (χ0v) is 21.8. The van der Waals surface area contributed by atoms with Gasteiger partial charge in [0.15, 0.2) is 0 Å². The number of carboxylic acids is 1. The van der Waals surface area contributed by atoms with E-state index in [1.807, 2.05) is 44.2 Å². The summed E-state index contributed by atoms with van der Waals surface area (Å²) in [6, 6.07) is 15.1. The van der Waals surface area contributed by atoms with Gasteiger partial charge in [-0.15, -0.1) is 10.2 Å². The van der Waals surface area contributed by atoms with Crippen LogP contribution in [0.3, 0.4) is 0 Å². The Morgan fingerprint density at radius 2 is 1.71 bits per heavy atom. The standard InChI is InChI=1S/C25H22BrN3O5S/c1-14-9-16(15(2)29(14)19-7-5-18(26)6-8-19)12-22(24(30)31)35-25-28-27-23(34-25)17-10-20(32-3)13-21(11-17)33-4/h5-13H,1-4H3,(H,30,31)/b22-12-. The van der Waals surface area contributed by atoms with E-state index >= 15 is 0 Å². The second kappa shape index (κ2) is 10.4. The van der Waals surface area contributed by atoms with Crippen LogP contribution in [0.4, 0.5) is 0 Å². The first kappa shape index (κ1) is 24.6. The first-order chi connectivity index (χ1) is 16.8. The van der Waals surface area contributed by atoms with Gasteiger partial charge in [-0.05, 0) is 79.7 Å². The lowest BCUT2D eigenvalue weighted by molar-refractivity contribution is -0.131. The summed E-state index contributed by atoms with van der Waals surface area (Å²) in [7, 11) is 3.09. The SMILES string of the molecule is COc1cc(OC)cc(-c2nnc(S/C(=C\c3cc(C)n(-c4ccc(Br)cc4)c3C)C(=O)O)o2)c1. The van der Waals surface area contributed by atoms with E-state index in [9.17, 15) is 9.90 Å². The summed E-state index contributed by atoms with van der Waals surface area (Å²) in [6.07, 6.45) is 1.61. The Morgan fingerprint density at radius 3 is 2.31 bits per heavy atom. The molecule has 1 N–H and O–H groups in total. The van der Waals surface area contributed by atoms with Gasteiger partial charge in [0.05, 0.1) is 14.2 Å². The second-order valence-corrected chi connectivity index (χ2v) is 9.44. The third kappa shape index (κ3) is 5.44. The molecule has 0 unspecified atom stereocenters. The van der Waals surface area contributed by atoms with Gasteiger partial charge in [-0.3, -0.25) is 0 Å². The molecule has 180 valence electrons. The van der Waals surface area contributed by atoms with Crippen LogP contribution in [0.25, 0.3) is 23.2 Å². The van der Waals surface area contributed by atoms with Gasteiger partial charge in [0.1, 0.15) is 16.4 Å². The molecule has 35 heavy (non-hydrogen) atoms. The number of benzene rings is 2. The molecule has 0 aliphatic heterocycles. The summed E-state index contributed by atoms with van der Waals surface area (Å²) in [5.74, 6) is 0.270. The van der Waals surface area contributed by atoms with Crippen molar-refractivity contribution in [2.24, 2.45) is 0 Å². The number of hydrogen-bond acceptors (Lipinski definition) is 7. The van der Waals surface area contributed by atoms with Crippen molar-refractivity contribution in [1.82, 2.24) is 14.8 Å². The molecule has 0 atom stereocenters. The van der Waals surface area contributed by atoms with Crippen LogP contribution in [0.1, 0.15) is 17.0 Å². The number of aryl methyl sites for hydroxylation is 1. The van der Waals surface area contributed by atoms with Crippen molar-refractivity contribution < 1.29 is 23.8 Å². The van der Waals surface area contributed by atoms with E-state index in [1.165, 1.54) is 0 Å². The highest BCUT2D eigenvalue weighted by atomic mass is 79.9. The smallest absolute Gasteiger partial charge is 0.342 e. The van der Waals surface area contributed by atoms with Crippen LogP contribution in [0, 0.1) is 13.8 Å². The maximum atomic E-state index is 12.0. The summed E-state index contributed by atoms with van der Waals surface area (Å²) >= 11 is 4.34. The van der Waals surface area contributed by atoms with Gasteiger partial charge in [0, 0.05) is 33.2 Å². The highest BCUT2D eigenvalue weighted by Gasteiger charge is 2.19. The Bertz CT molecular complexity index is 1390. The van der Waals surface area contributed by atoms with Gasteiger partial charge >= 0.3 is 5.97 Å². The van der Waals surface area contributed by atoms with Crippen LogP contribution in [-0.2, 0) is 4.79 Å². The van der Waals surface area contributed by atoms with Crippen LogP contribution in [0.2, 0.25) is 0 Å². The number of carbonyl (C=O) groups is 1. The molecule has 2 aromatic carbocycles. The number of halogens is 1. The molecule has 0 fully saturated rings. The van der Waals surface area contributed by atoms with Crippen LogP contribution < -0.4 is 9.47 Å². The number of nitrogens with zero attached hydrogens (tertiary/aromatic N) is 3. The molecule has 4 aromatic rings. The van der Waals surface area contributed by atoms with Crippen molar-refractivity contribution in [3.05, 3.63) is 74.9 Å². The van der Waals surface area contributed by atoms with Crippen LogP contribution in [-0.4, -0.2) is 40.1 Å². The molecule has 0 aliphatic carbocycles. The van der Waals surface area contributed by atoms with Crippen molar-refractivity contribution in [2.75, 3.05) is 14.2 Å². The van der Waals surface area contributed by atoms with Crippen LogP contribution >= 0.6 is 27.7 Å². The minimum absolute atomic E-state index is 0.0551. The quantitative estimate of drug-likeness (QED) is 0.204. The number of ether oxygens (including phenoxy) is 2. The minimum atomic E-state index is -1.09. The van der Waals surface area contributed by atoms with E-state index in [0.29, 0.717) is 17.1 Å². The van der Waals surface area contributed by atoms with E-state index in [0.717, 1.165) is 38.9 Å². The zero-order chi connectivity index (χ0) is 25.1.